The van der Waals surface area contributed by atoms with Crippen LogP contribution in [0.3, 0.4) is 0 Å². The van der Waals surface area contributed by atoms with Crippen molar-refractivity contribution in [1.82, 2.24) is 0 Å². The predicted octanol–water partition coefficient (Wildman–Crippen LogP) is 6.13. The summed E-state index contributed by atoms with van der Waals surface area (Å²) in [7, 11) is 0. The van der Waals surface area contributed by atoms with Gasteiger partial charge in [0.05, 0.1) is 0 Å². The smallest absolute Gasteiger partial charge is 0.167 e. The summed E-state index contributed by atoms with van der Waals surface area (Å²) < 4.78 is 12.1. The van der Waals surface area contributed by atoms with Crippen LogP contribution in [0.15, 0.2) is 36.4 Å². The van der Waals surface area contributed by atoms with Crippen LogP contribution in [0.25, 0.3) is 0 Å². The number of aryl methyl sites for hydroxylation is 2. The molecule has 2 nitrogen and oxygen atoms in total. The van der Waals surface area contributed by atoms with Gasteiger partial charge >= 0.3 is 0 Å². The number of benzene rings is 2. The van der Waals surface area contributed by atoms with Crippen molar-refractivity contribution in [2.24, 2.45) is 0 Å². The molecular formula is C22H26O2S. The minimum absolute atomic E-state index is 0.515. The highest BCUT2D eigenvalue weighted by atomic mass is 32.1. The number of ether oxygens (including phenoxy) is 2. The van der Waals surface area contributed by atoms with Gasteiger partial charge in [-0.15, -0.1) is 0 Å². The Labute approximate surface area is 156 Å². The van der Waals surface area contributed by atoms with Crippen molar-refractivity contribution >= 4 is 17.3 Å². The monoisotopic (exact) mass is 354 g/mol. The lowest BCUT2D eigenvalue weighted by Gasteiger charge is -2.17. The Bertz CT molecular complexity index is 763. The van der Waals surface area contributed by atoms with Gasteiger partial charge < -0.3 is 9.47 Å². The summed E-state index contributed by atoms with van der Waals surface area (Å²) >= 11 is 5.28. The molecule has 1 fully saturated rings. The fraction of sp³-hybridized carbons (Fsp3) is 0.409. The van der Waals surface area contributed by atoms with Gasteiger partial charge in [-0.25, -0.2) is 0 Å². The zero-order chi connectivity index (χ0) is 17.8. The zero-order valence-electron chi connectivity index (χ0n) is 15.3. The Balaban J connectivity index is 1.84. The van der Waals surface area contributed by atoms with Gasteiger partial charge in [0.25, 0.3) is 0 Å². The van der Waals surface area contributed by atoms with Gasteiger partial charge in [0, 0.05) is 12.0 Å². The molecule has 0 unspecified atom stereocenters. The van der Waals surface area contributed by atoms with Gasteiger partial charge in [-0.05, 0) is 73.1 Å². The van der Waals surface area contributed by atoms with E-state index in [-0.39, 0.29) is 0 Å². The molecule has 132 valence electrons. The maximum absolute atomic E-state index is 6.17. The number of hydrogen-bond donors (Lipinski definition) is 0. The van der Waals surface area contributed by atoms with Crippen LogP contribution in [0.4, 0.5) is 0 Å². The van der Waals surface area contributed by atoms with E-state index in [4.69, 9.17) is 21.7 Å². The van der Waals surface area contributed by atoms with E-state index in [0.717, 1.165) is 29.9 Å². The van der Waals surface area contributed by atoms with Crippen molar-refractivity contribution in [2.45, 2.75) is 59.0 Å². The highest BCUT2D eigenvalue weighted by Crippen LogP contribution is 2.44. The topological polar surface area (TPSA) is 18.5 Å². The molecule has 0 radical (unpaired) electrons. The molecular weight excluding hydrogens is 328 g/mol. The van der Waals surface area contributed by atoms with E-state index in [1.165, 1.54) is 29.5 Å². The zero-order valence-corrected chi connectivity index (χ0v) is 16.1. The molecule has 0 N–H and O–H groups in total. The van der Waals surface area contributed by atoms with Crippen molar-refractivity contribution in [1.29, 1.82) is 0 Å². The SMILES string of the molecule is CCC(=S)Oc1cccc(C2CC2)c1COc1ccc(CC)cc1C. The van der Waals surface area contributed by atoms with Gasteiger partial charge in [0.15, 0.2) is 5.05 Å². The van der Waals surface area contributed by atoms with Crippen LogP contribution in [0.1, 0.15) is 61.3 Å². The molecule has 0 spiro atoms. The molecule has 2 aromatic carbocycles. The summed E-state index contributed by atoms with van der Waals surface area (Å²) in [6.45, 7) is 6.80. The molecule has 0 bridgehead atoms. The lowest BCUT2D eigenvalue weighted by molar-refractivity contribution is 0.298. The molecule has 0 aliphatic heterocycles. The van der Waals surface area contributed by atoms with Crippen LogP contribution in [0.2, 0.25) is 0 Å². The average Bonchev–Trinajstić information content (AvgIpc) is 3.46. The molecule has 0 aromatic heterocycles. The first-order valence-electron chi connectivity index (χ1n) is 9.17. The molecule has 0 heterocycles. The number of rotatable bonds is 7. The van der Waals surface area contributed by atoms with E-state index < -0.39 is 0 Å². The number of hydrogen-bond acceptors (Lipinski definition) is 3. The Morgan fingerprint density at radius 2 is 1.92 bits per heavy atom. The van der Waals surface area contributed by atoms with Gasteiger partial charge in [-0.1, -0.05) is 38.1 Å². The summed E-state index contributed by atoms with van der Waals surface area (Å²) in [5.41, 5.74) is 4.99. The van der Waals surface area contributed by atoms with E-state index in [9.17, 15) is 0 Å². The fourth-order valence-corrected chi connectivity index (χ4v) is 3.14. The van der Waals surface area contributed by atoms with Crippen LogP contribution in [-0.4, -0.2) is 5.05 Å². The summed E-state index contributed by atoms with van der Waals surface area (Å²) in [4.78, 5) is 0. The molecule has 0 saturated heterocycles. The molecule has 25 heavy (non-hydrogen) atoms. The van der Waals surface area contributed by atoms with E-state index in [2.05, 4.69) is 44.2 Å². The standard InChI is InChI=1S/C22H26O2S/c1-4-16-9-12-20(15(3)13-16)23-14-19-18(17-10-11-17)7-6-8-21(19)24-22(25)5-2/h6-9,12-13,17H,4-5,10-11,14H2,1-3H3. The van der Waals surface area contributed by atoms with Crippen molar-refractivity contribution in [3.8, 4) is 11.5 Å². The fourth-order valence-electron chi connectivity index (χ4n) is 3.05. The molecule has 3 heteroatoms. The van der Waals surface area contributed by atoms with Gasteiger partial charge in [0.1, 0.15) is 18.1 Å². The Kier molecular flexibility index (Phi) is 5.74. The van der Waals surface area contributed by atoms with E-state index in [1.54, 1.807) is 0 Å². The molecule has 0 amide bonds. The average molecular weight is 355 g/mol. The molecule has 2 aromatic rings. The minimum Gasteiger partial charge on any atom is -0.488 e. The van der Waals surface area contributed by atoms with Crippen molar-refractivity contribution in [3.05, 3.63) is 58.7 Å². The largest absolute Gasteiger partial charge is 0.488 e. The first-order chi connectivity index (χ1) is 12.1. The maximum atomic E-state index is 6.17. The highest BCUT2D eigenvalue weighted by molar-refractivity contribution is 7.80. The van der Waals surface area contributed by atoms with Crippen molar-refractivity contribution in [2.75, 3.05) is 0 Å². The first-order valence-corrected chi connectivity index (χ1v) is 9.58. The lowest BCUT2D eigenvalue weighted by atomic mass is 10.0. The van der Waals surface area contributed by atoms with Crippen LogP contribution in [0, 0.1) is 6.92 Å². The lowest BCUT2D eigenvalue weighted by Crippen LogP contribution is -2.09. The molecule has 3 rings (SSSR count). The molecule has 1 aliphatic carbocycles. The number of thiocarbonyl (C=S) groups is 1. The normalized spacial score (nSPS) is 13.6. The third kappa shape index (κ3) is 4.40. The molecule has 1 aliphatic rings. The van der Waals surface area contributed by atoms with Crippen LogP contribution in [-0.2, 0) is 13.0 Å². The Morgan fingerprint density at radius 3 is 2.56 bits per heavy atom. The second kappa shape index (κ2) is 8.01. The minimum atomic E-state index is 0.515. The molecule has 0 atom stereocenters. The highest BCUT2D eigenvalue weighted by Gasteiger charge is 2.28. The van der Waals surface area contributed by atoms with E-state index >= 15 is 0 Å². The Morgan fingerprint density at radius 1 is 1.12 bits per heavy atom. The van der Waals surface area contributed by atoms with Crippen LogP contribution >= 0.6 is 12.2 Å². The van der Waals surface area contributed by atoms with Crippen LogP contribution < -0.4 is 9.47 Å². The molecule has 1 saturated carbocycles. The van der Waals surface area contributed by atoms with Crippen molar-refractivity contribution in [3.63, 3.8) is 0 Å². The second-order valence-corrected chi connectivity index (χ2v) is 7.12. The summed E-state index contributed by atoms with van der Waals surface area (Å²) in [6, 6.07) is 12.7. The Hall–Kier alpha value is -1.87. The van der Waals surface area contributed by atoms with Crippen molar-refractivity contribution < 1.29 is 9.47 Å². The van der Waals surface area contributed by atoms with Gasteiger partial charge in [0.2, 0.25) is 0 Å². The van der Waals surface area contributed by atoms with E-state index in [0.29, 0.717) is 17.6 Å². The second-order valence-electron chi connectivity index (χ2n) is 6.67. The quantitative estimate of drug-likeness (QED) is 0.557. The van der Waals surface area contributed by atoms with Gasteiger partial charge in [-0.3, -0.25) is 0 Å². The summed E-state index contributed by atoms with van der Waals surface area (Å²) in [5, 5.41) is 0.623. The first kappa shape index (κ1) is 17.9. The van der Waals surface area contributed by atoms with Crippen LogP contribution in [0.5, 0.6) is 11.5 Å². The summed E-state index contributed by atoms with van der Waals surface area (Å²) in [6.07, 6.45) is 4.27. The summed E-state index contributed by atoms with van der Waals surface area (Å²) in [5.74, 6) is 2.42. The predicted molar refractivity (Wildman–Crippen MR) is 107 cm³/mol. The maximum Gasteiger partial charge on any atom is 0.167 e. The van der Waals surface area contributed by atoms with Gasteiger partial charge in [-0.2, -0.15) is 0 Å². The third-order valence-corrected chi connectivity index (χ3v) is 5.09. The van der Waals surface area contributed by atoms with E-state index in [1.807, 2.05) is 13.0 Å². The third-order valence-electron chi connectivity index (χ3n) is 4.72.